The summed E-state index contributed by atoms with van der Waals surface area (Å²) in [4.78, 5) is 10.9. The second kappa shape index (κ2) is 3.14. The molecule has 0 aromatic carbocycles. The molecule has 5 atom stereocenters. The molecule has 0 spiro atoms. The van der Waals surface area contributed by atoms with E-state index in [4.69, 9.17) is 16.7 Å². The average Bonchev–Trinajstić information content (AvgIpc) is 2.58. The zero-order valence-electron chi connectivity index (χ0n) is 7.19. The molecule has 0 saturated heterocycles. The summed E-state index contributed by atoms with van der Waals surface area (Å²) >= 11 is 5.73. The third-order valence-electron chi connectivity index (χ3n) is 3.60. The van der Waals surface area contributed by atoms with Crippen molar-refractivity contribution in [1.82, 2.24) is 0 Å². The number of aliphatic hydroxyl groups is 1. The number of aliphatic hydroxyl groups excluding tert-OH is 1. The number of aliphatic carboxylic acids is 1. The van der Waals surface area contributed by atoms with E-state index >= 15 is 0 Å². The summed E-state index contributed by atoms with van der Waals surface area (Å²) in [5.41, 5.74) is 0. The number of carboxylic acid groups (broad SMARTS) is 1. The van der Waals surface area contributed by atoms with Crippen LogP contribution in [0.2, 0.25) is 0 Å². The Labute approximate surface area is 81.7 Å². The van der Waals surface area contributed by atoms with E-state index in [1.165, 1.54) is 0 Å². The standard InChI is InChI=1S/C9H13ClO3/c10-3-6-5-1-4(2-7(5)11)8(6)9(12)13/h4-8,11H,1-3H2,(H,12,13). The molecule has 13 heavy (non-hydrogen) atoms. The molecule has 5 unspecified atom stereocenters. The summed E-state index contributed by atoms with van der Waals surface area (Å²) < 4.78 is 0. The van der Waals surface area contributed by atoms with Gasteiger partial charge in [-0.15, -0.1) is 11.6 Å². The maximum absolute atomic E-state index is 10.9. The fourth-order valence-electron chi connectivity index (χ4n) is 3.05. The van der Waals surface area contributed by atoms with Crippen LogP contribution in [-0.2, 0) is 4.79 Å². The van der Waals surface area contributed by atoms with Gasteiger partial charge in [0.1, 0.15) is 0 Å². The van der Waals surface area contributed by atoms with Crippen molar-refractivity contribution < 1.29 is 15.0 Å². The third-order valence-corrected chi connectivity index (χ3v) is 3.95. The number of alkyl halides is 1. The molecular weight excluding hydrogens is 192 g/mol. The van der Waals surface area contributed by atoms with Crippen LogP contribution in [0, 0.1) is 23.7 Å². The molecule has 2 aliphatic carbocycles. The molecule has 2 bridgehead atoms. The van der Waals surface area contributed by atoms with Crippen LogP contribution in [0.25, 0.3) is 0 Å². The lowest BCUT2D eigenvalue weighted by atomic mass is 9.79. The minimum Gasteiger partial charge on any atom is -0.481 e. The molecule has 2 fully saturated rings. The Morgan fingerprint density at radius 1 is 1.46 bits per heavy atom. The van der Waals surface area contributed by atoms with E-state index in [1.54, 1.807) is 0 Å². The first-order valence-electron chi connectivity index (χ1n) is 4.62. The molecular formula is C9H13ClO3. The SMILES string of the molecule is O=C(O)C1C2CC(O)C(C2)C1CCl. The summed E-state index contributed by atoms with van der Waals surface area (Å²) in [6.45, 7) is 0. The summed E-state index contributed by atoms with van der Waals surface area (Å²) in [7, 11) is 0. The van der Waals surface area contributed by atoms with Crippen LogP contribution in [-0.4, -0.2) is 28.2 Å². The van der Waals surface area contributed by atoms with Crippen molar-refractivity contribution in [3.63, 3.8) is 0 Å². The van der Waals surface area contributed by atoms with Crippen molar-refractivity contribution in [2.45, 2.75) is 18.9 Å². The van der Waals surface area contributed by atoms with Gasteiger partial charge >= 0.3 is 5.97 Å². The van der Waals surface area contributed by atoms with E-state index in [9.17, 15) is 9.90 Å². The van der Waals surface area contributed by atoms with Crippen molar-refractivity contribution in [3.05, 3.63) is 0 Å². The molecule has 0 radical (unpaired) electrons. The second-order valence-electron chi connectivity index (χ2n) is 4.14. The van der Waals surface area contributed by atoms with E-state index < -0.39 is 5.97 Å². The van der Waals surface area contributed by atoms with Gasteiger partial charge in [0.05, 0.1) is 12.0 Å². The molecule has 2 aliphatic rings. The molecule has 3 nitrogen and oxygen atoms in total. The zero-order chi connectivity index (χ0) is 9.59. The Balaban J connectivity index is 2.19. The minimum absolute atomic E-state index is 0.0204. The summed E-state index contributed by atoms with van der Waals surface area (Å²) in [6.07, 6.45) is 1.18. The van der Waals surface area contributed by atoms with Gasteiger partial charge in [0.2, 0.25) is 0 Å². The largest absolute Gasteiger partial charge is 0.481 e. The van der Waals surface area contributed by atoms with Gasteiger partial charge < -0.3 is 10.2 Å². The van der Waals surface area contributed by atoms with Crippen LogP contribution in [0.4, 0.5) is 0 Å². The molecule has 0 aromatic rings. The van der Waals surface area contributed by atoms with Gasteiger partial charge in [0, 0.05) is 5.88 Å². The average molecular weight is 205 g/mol. The highest BCUT2D eigenvalue weighted by Crippen LogP contribution is 2.52. The van der Waals surface area contributed by atoms with E-state index in [0.717, 1.165) is 6.42 Å². The normalized spacial score (nSPS) is 48.3. The molecule has 4 heteroatoms. The first kappa shape index (κ1) is 9.28. The van der Waals surface area contributed by atoms with Gasteiger partial charge in [-0.3, -0.25) is 4.79 Å². The molecule has 0 aliphatic heterocycles. The Morgan fingerprint density at radius 2 is 2.15 bits per heavy atom. The van der Waals surface area contributed by atoms with Gasteiger partial charge in [0.25, 0.3) is 0 Å². The topological polar surface area (TPSA) is 57.5 Å². The summed E-state index contributed by atoms with van der Waals surface area (Å²) in [5, 5.41) is 18.6. The fourth-order valence-corrected chi connectivity index (χ4v) is 3.47. The van der Waals surface area contributed by atoms with Gasteiger partial charge in [-0.2, -0.15) is 0 Å². The molecule has 2 N–H and O–H groups in total. The smallest absolute Gasteiger partial charge is 0.307 e. The maximum atomic E-state index is 10.9. The summed E-state index contributed by atoms with van der Waals surface area (Å²) in [5.74, 6) is -0.441. The quantitative estimate of drug-likeness (QED) is 0.659. The Kier molecular flexibility index (Phi) is 2.24. The number of carboxylic acids is 1. The molecule has 0 heterocycles. The maximum Gasteiger partial charge on any atom is 0.307 e. The highest BCUT2D eigenvalue weighted by atomic mass is 35.5. The van der Waals surface area contributed by atoms with Crippen molar-refractivity contribution in [3.8, 4) is 0 Å². The van der Waals surface area contributed by atoms with Crippen LogP contribution in [0.15, 0.2) is 0 Å². The number of hydrogen-bond donors (Lipinski definition) is 2. The second-order valence-corrected chi connectivity index (χ2v) is 4.45. The van der Waals surface area contributed by atoms with Gasteiger partial charge in [-0.05, 0) is 30.6 Å². The number of hydrogen-bond acceptors (Lipinski definition) is 2. The highest BCUT2D eigenvalue weighted by Gasteiger charge is 2.54. The third kappa shape index (κ3) is 1.25. The number of carbonyl (C=O) groups is 1. The van der Waals surface area contributed by atoms with E-state index in [2.05, 4.69) is 0 Å². The molecule has 2 saturated carbocycles. The number of halogens is 1. The number of fused-ring (bicyclic) bond motifs is 2. The van der Waals surface area contributed by atoms with Gasteiger partial charge in [-0.1, -0.05) is 0 Å². The minimum atomic E-state index is -0.745. The molecule has 0 aromatic heterocycles. The molecule has 0 amide bonds. The lowest BCUT2D eigenvalue weighted by Crippen LogP contribution is -2.36. The summed E-state index contributed by atoms with van der Waals surface area (Å²) in [6, 6.07) is 0. The fraction of sp³-hybridized carbons (Fsp3) is 0.889. The van der Waals surface area contributed by atoms with Gasteiger partial charge in [-0.25, -0.2) is 0 Å². The van der Waals surface area contributed by atoms with E-state index in [-0.39, 0.29) is 29.8 Å². The predicted molar refractivity (Wildman–Crippen MR) is 47.6 cm³/mol. The molecule has 74 valence electrons. The Bertz CT molecular complexity index is 231. The first-order valence-corrected chi connectivity index (χ1v) is 5.15. The Morgan fingerprint density at radius 3 is 2.69 bits per heavy atom. The zero-order valence-corrected chi connectivity index (χ0v) is 7.94. The van der Waals surface area contributed by atoms with Crippen molar-refractivity contribution in [2.75, 3.05) is 5.88 Å². The van der Waals surface area contributed by atoms with Crippen molar-refractivity contribution >= 4 is 17.6 Å². The van der Waals surface area contributed by atoms with Crippen LogP contribution < -0.4 is 0 Å². The first-order chi connectivity index (χ1) is 6.15. The van der Waals surface area contributed by atoms with Crippen molar-refractivity contribution in [1.29, 1.82) is 0 Å². The lowest BCUT2D eigenvalue weighted by Gasteiger charge is -2.29. The predicted octanol–water partition coefficient (Wildman–Crippen LogP) is 0.943. The van der Waals surface area contributed by atoms with Crippen LogP contribution in [0.3, 0.4) is 0 Å². The van der Waals surface area contributed by atoms with Crippen LogP contribution in [0.5, 0.6) is 0 Å². The monoisotopic (exact) mass is 204 g/mol. The lowest BCUT2D eigenvalue weighted by molar-refractivity contribution is -0.146. The van der Waals surface area contributed by atoms with Crippen LogP contribution >= 0.6 is 11.6 Å². The number of rotatable bonds is 2. The highest BCUT2D eigenvalue weighted by molar-refractivity contribution is 6.18. The van der Waals surface area contributed by atoms with E-state index in [0.29, 0.717) is 12.3 Å². The Hall–Kier alpha value is -0.280. The van der Waals surface area contributed by atoms with Crippen LogP contribution in [0.1, 0.15) is 12.8 Å². The van der Waals surface area contributed by atoms with Crippen molar-refractivity contribution in [2.24, 2.45) is 23.7 Å². The van der Waals surface area contributed by atoms with E-state index in [1.807, 2.05) is 0 Å². The molecule has 2 rings (SSSR count). The van der Waals surface area contributed by atoms with Gasteiger partial charge in [0.15, 0.2) is 0 Å².